The molecule has 7 nitrogen and oxygen atoms in total. The van der Waals surface area contributed by atoms with Gasteiger partial charge in [0.15, 0.2) is 0 Å². The third-order valence-electron chi connectivity index (χ3n) is 5.06. The van der Waals surface area contributed by atoms with Gasteiger partial charge in [-0.2, -0.15) is 0 Å². The van der Waals surface area contributed by atoms with E-state index >= 15 is 0 Å². The van der Waals surface area contributed by atoms with Crippen LogP contribution in [0.2, 0.25) is 0 Å². The first-order valence-corrected chi connectivity index (χ1v) is 12.4. The second-order valence-corrected chi connectivity index (χ2v) is 9.69. The molecule has 9 heteroatoms. The molecule has 4 aromatic rings. The minimum atomic E-state index is -0.0877. The zero-order chi connectivity index (χ0) is 23.9. The summed E-state index contributed by atoms with van der Waals surface area (Å²) in [5.74, 6) is -0.0341. The Balaban J connectivity index is 1.55. The summed E-state index contributed by atoms with van der Waals surface area (Å²) in [6.45, 7) is 0.259. The van der Waals surface area contributed by atoms with E-state index in [4.69, 9.17) is 16.1 Å². The van der Waals surface area contributed by atoms with E-state index in [1.807, 2.05) is 66.7 Å². The summed E-state index contributed by atoms with van der Waals surface area (Å²) >= 11 is 3.17. The number of fused-ring (bicyclic) bond motifs is 1. The average molecular weight is 491 g/mol. The van der Waals surface area contributed by atoms with Gasteiger partial charge in [0, 0.05) is 16.1 Å². The second kappa shape index (κ2) is 11.3. The van der Waals surface area contributed by atoms with Gasteiger partial charge in [0.25, 0.3) is 0 Å². The average Bonchev–Trinajstić information content (AvgIpc) is 3.26. The van der Waals surface area contributed by atoms with Gasteiger partial charge >= 0.3 is 0 Å². The third-order valence-corrected chi connectivity index (χ3v) is 7.10. The van der Waals surface area contributed by atoms with Crippen LogP contribution in [0.4, 0.5) is 5.69 Å². The Kier molecular flexibility index (Phi) is 7.91. The minimum absolute atomic E-state index is 0.0536. The van der Waals surface area contributed by atoms with Crippen molar-refractivity contribution >= 4 is 50.9 Å². The van der Waals surface area contributed by atoms with Crippen molar-refractivity contribution in [3.05, 3.63) is 88.9 Å². The van der Waals surface area contributed by atoms with Crippen molar-refractivity contribution in [3.63, 3.8) is 0 Å². The SMILES string of the molecule is CNCC(=O)Nc1cccc(SNC(Cc2cccc(C(=N)N)c2)c2nc3ccccc3s2)c1. The Labute approximate surface area is 206 Å². The number of amides is 1. The van der Waals surface area contributed by atoms with E-state index in [1.54, 1.807) is 18.4 Å². The first kappa shape index (κ1) is 23.9. The molecular weight excluding hydrogens is 464 g/mol. The number of nitrogens with zero attached hydrogens (tertiary/aromatic N) is 1. The summed E-state index contributed by atoms with van der Waals surface area (Å²) in [5, 5.41) is 14.5. The van der Waals surface area contributed by atoms with Crippen molar-refractivity contribution in [2.75, 3.05) is 18.9 Å². The van der Waals surface area contributed by atoms with Crippen molar-refractivity contribution in [1.82, 2.24) is 15.0 Å². The maximum absolute atomic E-state index is 11.9. The van der Waals surface area contributed by atoms with E-state index in [9.17, 15) is 4.79 Å². The molecule has 0 aliphatic rings. The number of anilines is 1. The molecule has 34 heavy (non-hydrogen) atoms. The van der Waals surface area contributed by atoms with Gasteiger partial charge in [-0.1, -0.05) is 36.4 Å². The van der Waals surface area contributed by atoms with Crippen LogP contribution in [-0.2, 0) is 11.2 Å². The molecule has 1 atom stereocenters. The molecule has 0 aliphatic carbocycles. The van der Waals surface area contributed by atoms with Crippen LogP contribution >= 0.6 is 23.3 Å². The molecule has 1 aromatic heterocycles. The van der Waals surface area contributed by atoms with Crippen LogP contribution in [0.15, 0.2) is 77.7 Å². The number of rotatable bonds is 10. The smallest absolute Gasteiger partial charge is 0.238 e. The number of hydrogen-bond acceptors (Lipinski definition) is 7. The molecule has 0 saturated heterocycles. The first-order chi connectivity index (χ1) is 16.5. The van der Waals surface area contributed by atoms with Crippen molar-refractivity contribution < 1.29 is 4.79 Å². The van der Waals surface area contributed by atoms with Gasteiger partial charge in [-0.15, -0.1) is 11.3 Å². The highest BCUT2D eigenvalue weighted by atomic mass is 32.2. The summed E-state index contributed by atoms with van der Waals surface area (Å²) in [4.78, 5) is 17.8. The van der Waals surface area contributed by atoms with Gasteiger partial charge < -0.3 is 16.4 Å². The minimum Gasteiger partial charge on any atom is -0.384 e. The van der Waals surface area contributed by atoms with Gasteiger partial charge in [-0.25, -0.2) is 9.71 Å². The molecule has 1 amide bonds. The van der Waals surface area contributed by atoms with Crippen molar-refractivity contribution in [2.24, 2.45) is 5.73 Å². The van der Waals surface area contributed by atoms with Crippen LogP contribution in [0, 0.1) is 5.41 Å². The highest BCUT2D eigenvalue weighted by molar-refractivity contribution is 7.97. The van der Waals surface area contributed by atoms with Crippen molar-refractivity contribution in [2.45, 2.75) is 17.4 Å². The normalized spacial score (nSPS) is 11.9. The topological polar surface area (TPSA) is 116 Å². The largest absolute Gasteiger partial charge is 0.384 e. The van der Waals surface area contributed by atoms with Gasteiger partial charge in [-0.3, -0.25) is 10.2 Å². The number of nitrogens with two attached hydrogens (primary N) is 1. The molecule has 4 rings (SSSR count). The molecule has 0 saturated carbocycles. The summed E-state index contributed by atoms with van der Waals surface area (Å²) in [7, 11) is 1.74. The number of carbonyl (C=O) groups excluding carboxylic acids is 1. The Morgan fingerprint density at radius 1 is 1.12 bits per heavy atom. The standard InChI is InChI=1S/C25H26N6OS2/c1-28-15-23(32)29-18-8-5-9-19(14-18)34-31-21(13-16-6-4-7-17(12-16)24(26)27)25-30-20-10-2-3-11-22(20)33-25/h2-12,14,21,28,31H,13,15H2,1H3,(H3,26,27)(H,29,32). The van der Waals surface area contributed by atoms with Crippen molar-refractivity contribution in [3.8, 4) is 0 Å². The number of hydrogen-bond donors (Lipinski definition) is 5. The van der Waals surface area contributed by atoms with E-state index in [0.29, 0.717) is 12.0 Å². The lowest BCUT2D eigenvalue weighted by molar-refractivity contribution is -0.115. The quantitative estimate of drug-likeness (QED) is 0.128. The van der Waals surface area contributed by atoms with Gasteiger partial charge in [0.1, 0.15) is 10.8 Å². The second-order valence-electron chi connectivity index (χ2n) is 7.72. The number of nitrogen functional groups attached to an aromatic ring is 1. The number of carbonyl (C=O) groups is 1. The van der Waals surface area contributed by atoms with Crippen LogP contribution in [0.3, 0.4) is 0 Å². The molecule has 0 spiro atoms. The summed E-state index contributed by atoms with van der Waals surface area (Å²) in [6, 6.07) is 23.5. The molecule has 1 heterocycles. The summed E-state index contributed by atoms with van der Waals surface area (Å²) < 4.78 is 4.71. The van der Waals surface area contributed by atoms with Crippen LogP contribution < -0.4 is 21.1 Å². The number of thiazole rings is 1. The Hall–Kier alpha value is -3.24. The molecular formula is C25H26N6OS2. The van der Waals surface area contributed by atoms with E-state index in [2.05, 4.69) is 21.4 Å². The zero-order valence-corrected chi connectivity index (χ0v) is 20.3. The lowest BCUT2D eigenvalue weighted by Gasteiger charge is -2.17. The monoisotopic (exact) mass is 490 g/mol. The zero-order valence-electron chi connectivity index (χ0n) is 18.7. The number of para-hydroxylation sites is 1. The third kappa shape index (κ3) is 6.21. The number of nitrogens with one attached hydrogen (secondary N) is 4. The Morgan fingerprint density at radius 2 is 1.94 bits per heavy atom. The lowest BCUT2D eigenvalue weighted by atomic mass is 10.0. The molecule has 0 aliphatic heterocycles. The fraction of sp³-hybridized carbons (Fsp3) is 0.160. The number of amidine groups is 1. The van der Waals surface area contributed by atoms with Crippen molar-refractivity contribution in [1.29, 1.82) is 5.41 Å². The first-order valence-electron chi connectivity index (χ1n) is 10.8. The maximum atomic E-state index is 11.9. The highest BCUT2D eigenvalue weighted by Gasteiger charge is 2.18. The predicted molar refractivity (Wildman–Crippen MR) is 142 cm³/mol. The van der Waals surface area contributed by atoms with E-state index < -0.39 is 0 Å². The molecule has 0 radical (unpaired) electrons. The van der Waals surface area contributed by atoms with E-state index in [-0.39, 0.29) is 24.3 Å². The van der Waals surface area contributed by atoms with Gasteiger partial charge in [0.2, 0.25) is 5.91 Å². The number of benzene rings is 3. The number of aromatic nitrogens is 1. The molecule has 3 aromatic carbocycles. The molecule has 0 fully saturated rings. The van der Waals surface area contributed by atoms with Crippen LogP contribution in [0.25, 0.3) is 10.2 Å². The summed E-state index contributed by atoms with van der Waals surface area (Å²) in [5.41, 5.74) is 9.20. The van der Waals surface area contributed by atoms with Crippen LogP contribution in [0.5, 0.6) is 0 Å². The number of likely N-dealkylation sites (N-methyl/N-ethyl adjacent to an activating group) is 1. The fourth-order valence-electron chi connectivity index (χ4n) is 3.46. The highest BCUT2D eigenvalue weighted by Crippen LogP contribution is 2.31. The molecule has 174 valence electrons. The predicted octanol–water partition coefficient (Wildman–Crippen LogP) is 4.32. The van der Waals surface area contributed by atoms with E-state index in [1.165, 1.54) is 11.9 Å². The fourth-order valence-corrected chi connectivity index (χ4v) is 5.36. The Bertz CT molecular complexity index is 1270. The van der Waals surface area contributed by atoms with Gasteiger partial charge in [0.05, 0.1) is 22.8 Å². The molecule has 0 bridgehead atoms. The summed E-state index contributed by atoms with van der Waals surface area (Å²) in [6.07, 6.45) is 0.687. The van der Waals surface area contributed by atoms with Crippen LogP contribution in [-0.4, -0.2) is 30.3 Å². The molecule has 6 N–H and O–H groups in total. The lowest BCUT2D eigenvalue weighted by Crippen LogP contribution is -2.25. The molecule has 1 unspecified atom stereocenters. The Morgan fingerprint density at radius 3 is 2.74 bits per heavy atom. The van der Waals surface area contributed by atoms with Crippen LogP contribution in [0.1, 0.15) is 22.2 Å². The van der Waals surface area contributed by atoms with Gasteiger partial charge in [-0.05, 0) is 67.4 Å². The van der Waals surface area contributed by atoms with E-state index in [0.717, 1.165) is 31.4 Å². The maximum Gasteiger partial charge on any atom is 0.238 e.